The van der Waals surface area contributed by atoms with Crippen LogP contribution >= 0.6 is 22.9 Å². The minimum atomic E-state index is -0.675. The van der Waals surface area contributed by atoms with E-state index < -0.39 is 12.1 Å². The lowest BCUT2D eigenvalue weighted by Gasteiger charge is -2.12. The molecule has 5 nitrogen and oxygen atoms in total. The maximum Gasteiger partial charge on any atom is 0.349 e. The molecule has 0 amide bonds. The van der Waals surface area contributed by atoms with Crippen LogP contribution in [0, 0.1) is 0 Å². The second-order valence-electron chi connectivity index (χ2n) is 4.62. The number of hydrogen-bond acceptors (Lipinski definition) is 5. The molecular formula is C15H11ClN2O3S. The standard InChI is InChI=1S/C15H11ClN2O3S/c1-8(21-15(20)11-6-7-12(16)22-11)13-17-10-5-3-2-4-9(10)14(19)18-13/h2-8H,1H3,(H,17,18,19)/t8-/m0/s1. The van der Waals surface area contributed by atoms with Gasteiger partial charge in [0.25, 0.3) is 5.56 Å². The Hall–Kier alpha value is -2.18. The van der Waals surface area contributed by atoms with E-state index in [-0.39, 0.29) is 5.56 Å². The maximum absolute atomic E-state index is 12.0. The lowest BCUT2D eigenvalue weighted by Crippen LogP contribution is -2.17. The van der Waals surface area contributed by atoms with Gasteiger partial charge in [0.15, 0.2) is 11.9 Å². The zero-order valence-electron chi connectivity index (χ0n) is 11.5. The van der Waals surface area contributed by atoms with Gasteiger partial charge in [-0.2, -0.15) is 0 Å². The molecule has 0 aliphatic carbocycles. The first kappa shape index (κ1) is 14.7. The zero-order valence-corrected chi connectivity index (χ0v) is 13.1. The van der Waals surface area contributed by atoms with Crippen LogP contribution < -0.4 is 5.56 Å². The van der Waals surface area contributed by atoms with E-state index in [0.717, 1.165) is 11.3 Å². The van der Waals surface area contributed by atoms with Gasteiger partial charge in [0, 0.05) is 0 Å². The largest absolute Gasteiger partial charge is 0.450 e. The second-order valence-corrected chi connectivity index (χ2v) is 6.33. The molecule has 0 aliphatic rings. The van der Waals surface area contributed by atoms with Gasteiger partial charge in [-0.3, -0.25) is 4.79 Å². The highest BCUT2D eigenvalue weighted by Crippen LogP contribution is 2.24. The van der Waals surface area contributed by atoms with Crippen molar-refractivity contribution in [2.75, 3.05) is 0 Å². The molecule has 22 heavy (non-hydrogen) atoms. The van der Waals surface area contributed by atoms with Gasteiger partial charge in [-0.1, -0.05) is 23.7 Å². The first-order valence-electron chi connectivity index (χ1n) is 6.50. The Morgan fingerprint density at radius 1 is 1.32 bits per heavy atom. The van der Waals surface area contributed by atoms with Crippen molar-refractivity contribution in [1.82, 2.24) is 9.97 Å². The van der Waals surface area contributed by atoms with Crippen molar-refractivity contribution in [3.63, 3.8) is 0 Å². The highest BCUT2D eigenvalue weighted by molar-refractivity contribution is 7.17. The molecule has 0 spiro atoms. The lowest BCUT2D eigenvalue weighted by atomic mass is 10.2. The molecule has 0 saturated heterocycles. The Labute approximate surface area is 134 Å². The van der Waals surface area contributed by atoms with Gasteiger partial charge < -0.3 is 9.72 Å². The van der Waals surface area contributed by atoms with Crippen LogP contribution in [0.1, 0.15) is 28.5 Å². The fraction of sp³-hybridized carbons (Fsp3) is 0.133. The quantitative estimate of drug-likeness (QED) is 0.743. The Bertz CT molecular complexity index is 903. The first-order chi connectivity index (χ1) is 10.5. The molecule has 1 aromatic carbocycles. The summed E-state index contributed by atoms with van der Waals surface area (Å²) in [6.07, 6.45) is -0.675. The van der Waals surface area contributed by atoms with E-state index >= 15 is 0 Å². The number of thiophene rings is 1. The number of aromatic amines is 1. The number of fused-ring (bicyclic) bond motifs is 1. The van der Waals surface area contributed by atoms with E-state index in [4.69, 9.17) is 16.3 Å². The fourth-order valence-electron chi connectivity index (χ4n) is 2.00. The summed E-state index contributed by atoms with van der Waals surface area (Å²) in [6, 6.07) is 10.2. The maximum atomic E-state index is 12.0. The van der Waals surface area contributed by atoms with Crippen molar-refractivity contribution >= 4 is 39.8 Å². The third kappa shape index (κ3) is 2.88. The second kappa shape index (κ2) is 5.90. The fourth-order valence-corrected chi connectivity index (χ4v) is 2.92. The van der Waals surface area contributed by atoms with Gasteiger partial charge in [-0.25, -0.2) is 9.78 Å². The summed E-state index contributed by atoms with van der Waals surface area (Å²) < 4.78 is 5.83. The van der Waals surface area contributed by atoms with Crippen molar-refractivity contribution in [1.29, 1.82) is 0 Å². The predicted molar refractivity (Wildman–Crippen MR) is 85.5 cm³/mol. The Balaban J connectivity index is 1.87. The average Bonchev–Trinajstić information content (AvgIpc) is 2.94. The van der Waals surface area contributed by atoms with E-state index in [1.165, 1.54) is 0 Å². The van der Waals surface area contributed by atoms with Crippen molar-refractivity contribution in [2.45, 2.75) is 13.0 Å². The highest BCUT2D eigenvalue weighted by Gasteiger charge is 2.18. The monoisotopic (exact) mass is 334 g/mol. The Morgan fingerprint density at radius 3 is 2.82 bits per heavy atom. The van der Waals surface area contributed by atoms with Crippen LogP contribution in [0.3, 0.4) is 0 Å². The molecule has 0 fully saturated rings. The number of benzene rings is 1. The van der Waals surface area contributed by atoms with Gasteiger partial charge in [0.05, 0.1) is 15.2 Å². The van der Waals surface area contributed by atoms with Crippen molar-refractivity contribution < 1.29 is 9.53 Å². The number of esters is 1. The van der Waals surface area contributed by atoms with Crippen LogP contribution in [0.5, 0.6) is 0 Å². The third-order valence-corrected chi connectivity index (χ3v) is 4.29. The minimum absolute atomic E-state index is 0.261. The van der Waals surface area contributed by atoms with Gasteiger partial charge in [-0.05, 0) is 31.2 Å². The van der Waals surface area contributed by atoms with E-state index in [1.54, 1.807) is 43.3 Å². The molecule has 0 unspecified atom stereocenters. The molecule has 2 aromatic heterocycles. The SMILES string of the molecule is C[C@H](OC(=O)c1ccc(Cl)s1)c1nc2ccccc2c(=O)[nH]1. The number of aromatic nitrogens is 2. The number of nitrogens with zero attached hydrogens (tertiary/aromatic N) is 1. The summed E-state index contributed by atoms with van der Waals surface area (Å²) in [7, 11) is 0. The van der Waals surface area contributed by atoms with Crippen LogP contribution in [-0.2, 0) is 4.74 Å². The van der Waals surface area contributed by atoms with Crippen molar-refractivity contribution in [2.24, 2.45) is 0 Å². The number of para-hydroxylation sites is 1. The summed E-state index contributed by atoms with van der Waals surface area (Å²) in [5.41, 5.74) is 0.297. The number of H-pyrrole nitrogens is 1. The summed E-state index contributed by atoms with van der Waals surface area (Å²) in [5, 5.41) is 0.495. The van der Waals surface area contributed by atoms with E-state index in [0.29, 0.717) is 25.9 Å². The van der Waals surface area contributed by atoms with Crippen molar-refractivity contribution in [3.8, 4) is 0 Å². The number of rotatable bonds is 3. The number of hydrogen-bond donors (Lipinski definition) is 1. The van der Waals surface area contributed by atoms with Crippen LogP contribution in [-0.4, -0.2) is 15.9 Å². The number of nitrogens with one attached hydrogen (secondary N) is 1. The number of halogens is 1. The molecule has 1 atom stereocenters. The van der Waals surface area contributed by atoms with Crippen molar-refractivity contribution in [3.05, 3.63) is 61.8 Å². The van der Waals surface area contributed by atoms with E-state index in [2.05, 4.69) is 9.97 Å². The molecule has 3 rings (SSSR count). The van der Waals surface area contributed by atoms with E-state index in [9.17, 15) is 9.59 Å². The molecule has 0 saturated carbocycles. The Morgan fingerprint density at radius 2 is 2.09 bits per heavy atom. The van der Waals surface area contributed by atoms with Crippen LogP contribution in [0.4, 0.5) is 0 Å². The highest BCUT2D eigenvalue weighted by atomic mass is 35.5. The summed E-state index contributed by atoms with van der Waals surface area (Å²) in [6.45, 7) is 1.65. The predicted octanol–water partition coefficient (Wildman–Crippen LogP) is 3.56. The molecule has 0 radical (unpaired) electrons. The molecular weight excluding hydrogens is 324 g/mol. The zero-order chi connectivity index (χ0) is 15.7. The molecule has 0 bridgehead atoms. The molecule has 3 aromatic rings. The third-order valence-electron chi connectivity index (χ3n) is 3.07. The van der Waals surface area contributed by atoms with Crippen LogP contribution in [0.15, 0.2) is 41.2 Å². The lowest BCUT2D eigenvalue weighted by molar-refractivity contribution is 0.0326. The first-order valence-corrected chi connectivity index (χ1v) is 7.69. The average molecular weight is 335 g/mol. The summed E-state index contributed by atoms with van der Waals surface area (Å²) in [5.74, 6) is -0.195. The van der Waals surface area contributed by atoms with Gasteiger partial charge in [-0.15, -0.1) is 11.3 Å². The molecule has 2 heterocycles. The topological polar surface area (TPSA) is 72.0 Å². The normalized spacial score (nSPS) is 12.3. The van der Waals surface area contributed by atoms with E-state index in [1.807, 2.05) is 0 Å². The number of carbonyl (C=O) groups is 1. The van der Waals surface area contributed by atoms with Crippen LogP contribution in [0.25, 0.3) is 10.9 Å². The molecule has 0 aliphatic heterocycles. The Kier molecular flexibility index (Phi) is 3.96. The number of carbonyl (C=O) groups excluding carboxylic acids is 1. The smallest absolute Gasteiger partial charge is 0.349 e. The minimum Gasteiger partial charge on any atom is -0.450 e. The molecule has 112 valence electrons. The molecule has 7 heteroatoms. The van der Waals surface area contributed by atoms with Gasteiger partial charge in [0.2, 0.25) is 0 Å². The van der Waals surface area contributed by atoms with Crippen LogP contribution in [0.2, 0.25) is 4.34 Å². The van der Waals surface area contributed by atoms with Gasteiger partial charge in [0.1, 0.15) is 4.88 Å². The number of ether oxygens (including phenoxy) is 1. The van der Waals surface area contributed by atoms with Gasteiger partial charge >= 0.3 is 5.97 Å². The molecule has 1 N–H and O–H groups in total. The summed E-state index contributed by atoms with van der Waals surface area (Å²) in [4.78, 5) is 31.4. The summed E-state index contributed by atoms with van der Waals surface area (Å²) >= 11 is 6.93.